The Labute approximate surface area is 293 Å². The fraction of sp³-hybridized carbons (Fsp3) is 0. The molecule has 0 saturated carbocycles. The molecule has 0 aliphatic carbocycles. The minimum Gasteiger partial charge on any atom is -0.311 e. The molecular formula is C46H33N. The highest BCUT2D eigenvalue weighted by Crippen LogP contribution is 2.38. The molecule has 222 valence electrons. The van der Waals surface area contributed by atoms with Gasteiger partial charge in [0.15, 0.2) is 0 Å². The van der Waals surface area contributed by atoms with E-state index in [1.165, 1.54) is 0 Å². The van der Waals surface area contributed by atoms with Crippen LogP contribution in [0.2, 0.25) is 0 Å². The monoisotopic (exact) mass is 611 g/mol. The van der Waals surface area contributed by atoms with Crippen molar-refractivity contribution in [3.05, 3.63) is 200 Å². The molecule has 8 aromatic carbocycles. The number of rotatable bonds is 7. The summed E-state index contributed by atoms with van der Waals surface area (Å²) in [5, 5.41) is 2.07. The molecule has 47 heavy (non-hydrogen) atoms. The highest BCUT2D eigenvalue weighted by molar-refractivity contribution is 5.88. The van der Waals surface area contributed by atoms with Gasteiger partial charge in [-0.25, -0.2) is 0 Å². The molecule has 0 amide bonds. The zero-order valence-electron chi connectivity index (χ0n) is 37.1. The molecule has 0 aliphatic rings. The molecule has 0 fully saturated rings. The van der Waals surface area contributed by atoms with Crippen LogP contribution in [0.25, 0.3) is 55.3 Å². The Morgan fingerprint density at radius 1 is 0.277 bits per heavy atom. The van der Waals surface area contributed by atoms with Crippen molar-refractivity contribution in [2.24, 2.45) is 0 Å². The summed E-state index contributed by atoms with van der Waals surface area (Å²) >= 11 is 0. The third-order valence-electron chi connectivity index (χ3n) is 7.87. The van der Waals surface area contributed by atoms with Gasteiger partial charge in [0.2, 0.25) is 0 Å². The quantitative estimate of drug-likeness (QED) is 0.173. The van der Waals surface area contributed by atoms with Gasteiger partial charge in [-0.05, 0) is 104 Å². The van der Waals surface area contributed by atoms with E-state index in [1.54, 1.807) is 78.9 Å². The van der Waals surface area contributed by atoms with Crippen LogP contribution >= 0.6 is 0 Å². The van der Waals surface area contributed by atoms with Gasteiger partial charge in [0.25, 0.3) is 0 Å². The van der Waals surface area contributed by atoms with Crippen molar-refractivity contribution in [3.63, 3.8) is 0 Å². The fourth-order valence-electron chi connectivity index (χ4n) is 5.45. The van der Waals surface area contributed by atoms with E-state index in [0.717, 1.165) is 26.8 Å². The average Bonchev–Trinajstić information content (AvgIpc) is 3.25. The molecule has 0 spiro atoms. The van der Waals surface area contributed by atoms with Gasteiger partial charge in [0.05, 0.1) is 16.4 Å². The Balaban J connectivity index is 1.40. The van der Waals surface area contributed by atoms with Crippen molar-refractivity contribution in [3.8, 4) is 44.5 Å². The van der Waals surface area contributed by atoms with Crippen LogP contribution in [-0.4, -0.2) is 0 Å². The molecule has 0 aromatic heterocycles. The molecule has 0 aliphatic heterocycles. The predicted octanol–water partition coefficient (Wildman–Crippen LogP) is 13.0. The first-order chi connectivity index (χ1) is 28.3. The zero-order valence-corrected chi connectivity index (χ0v) is 25.1. The summed E-state index contributed by atoms with van der Waals surface area (Å²) in [5.41, 5.74) is 0.943. The normalized spacial score (nSPS) is 14.6. The second-order valence-corrected chi connectivity index (χ2v) is 10.9. The first-order valence-corrected chi connectivity index (χ1v) is 15.1. The van der Waals surface area contributed by atoms with Gasteiger partial charge in [0.1, 0.15) is 0 Å². The van der Waals surface area contributed by atoms with Crippen LogP contribution in [0.3, 0.4) is 0 Å². The maximum absolute atomic E-state index is 9.45. The van der Waals surface area contributed by atoms with Crippen LogP contribution < -0.4 is 4.90 Å². The maximum atomic E-state index is 9.45. The van der Waals surface area contributed by atoms with E-state index in [-0.39, 0.29) is 16.7 Å². The summed E-state index contributed by atoms with van der Waals surface area (Å²) in [6.45, 7) is 0. The smallest absolute Gasteiger partial charge is 0.0645 e. The van der Waals surface area contributed by atoms with Gasteiger partial charge in [-0.2, -0.15) is 0 Å². The lowest BCUT2D eigenvalue weighted by Crippen LogP contribution is -2.09. The third kappa shape index (κ3) is 5.95. The van der Waals surface area contributed by atoms with Crippen LogP contribution in [0.1, 0.15) is 16.4 Å². The number of hydrogen-bond acceptors (Lipinski definition) is 1. The zero-order chi connectivity index (χ0) is 41.9. The molecule has 1 heteroatoms. The van der Waals surface area contributed by atoms with Crippen molar-refractivity contribution in [1.82, 2.24) is 0 Å². The Morgan fingerprint density at radius 2 is 0.660 bits per heavy atom. The highest BCUT2D eigenvalue weighted by atomic mass is 15.1. The summed E-state index contributed by atoms with van der Waals surface area (Å²) in [6, 6.07) is 30.7. The van der Waals surface area contributed by atoms with Gasteiger partial charge >= 0.3 is 0 Å². The maximum Gasteiger partial charge on any atom is 0.0645 e. The Hall–Kier alpha value is -6.18. The van der Waals surface area contributed by atoms with Crippen LogP contribution in [-0.2, 0) is 0 Å². The van der Waals surface area contributed by atoms with E-state index < -0.39 is 89.6 Å². The summed E-state index contributed by atoms with van der Waals surface area (Å²) in [4.78, 5) is 0.834. The molecule has 0 unspecified atom stereocenters. The van der Waals surface area contributed by atoms with Crippen LogP contribution in [0.5, 0.6) is 0 Å². The lowest BCUT2D eigenvalue weighted by atomic mass is 9.97. The van der Waals surface area contributed by atoms with Crippen LogP contribution in [0, 0.1) is 0 Å². The standard InChI is InChI=1S/C46H33N/c1-3-10-34(11-4-1)37-20-26-44(27-21-37)47(45-28-22-38(23-29-45)35-12-5-2-6-13-35)46-30-24-39(25-31-46)41-16-9-17-42(32-41)43-19-18-36-14-7-8-15-40(36)33-43/h1-33H/i20D,21D,22D,23D,24D,25D,26D,27D,28D,29D,30D,31D. The topological polar surface area (TPSA) is 3.24 Å². The number of hydrogen-bond donors (Lipinski definition) is 0. The Kier molecular flexibility index (Phi) is 4.88. The van der Waals surface area contributed by atoms with E-state index in [4.69, 9.17) is 5.48 Å². The third-order valence-corrected chi connectivity index (χ3v) is 7.87. The molecule has 0 saturated heterocycles. The number of anilines is 3. The lowest BCUT2D eigenvalue weighted by Gasteiger charge is -2.26. The van der Waals surface area contributed by atoms with E-state index >= 15 is 0 Å². The molecular weight excluding hydrogens is 567 g/mol. The lowest BCUT2D eigenvalue weighted by molar-refractivity contribution is 1.28. The molecule has 0 bridgehead atoms. The number of nitrogens with zero attached hydrogens (tertiary/aromatic N) is 1. The van der Waals surface area contributed by atoms with E-state index in [0.29, 0.717) is 16.7 Å². The molecule has 1 nitrogen and oxygen atoms in total. The predicted molar refractivity (Wildman–Crippen MR) is 200 cm³/mol. The van der Waals surface area contributed by atoms with Crippen molar-refractivity contribution < 1.29 is 16.4 Å². The second-order valence-electron chi connectivity index (χ2n) is 10.9. The van der Waals surface area contributed by atoms with Crippen molar-refractivity contribution in [2.75, 3.05) is 4.90 Å². The summed E-state index contributed by atoms with van der Waals surface area (Å²) in [5.74, 6) is 0. The second kappa shape index (κ2) is 12.7. The number of fused-ring (bicyclic) bond motifs is 1. The average molecular weight is 612 g/mol. The molecule has 0 N–H and O–H groups in total. The highest BCUT2D eigenvalue weighted by Gasteiger charge is 2.14. The van der Waals surface area contributed by atoms with Gasteiger partial charge in [-0.1, -0.05) is 152 Å². The summed E-state index contributed by atoms with van der Waals surface area (Å²) in [7, 11) is 0. The van der Waals surface area contributed by atoms with Gasteiger partial charge in [-0.3, -0.25) is 0 Å². The fourth-order valence-corrected chi connectivity index (χ4v) is 5.45. The SMILES string of the molecule is [2H]c1c([2H])c(N(c2c([2H])c([2H])c(-c3ccccc3)c([2H])c2[2H])c2c([2H])c([2H])c(-c3cccc(-c4ccc5ccccc5c4)c3)c([2H])c2[2H])c([2H])c([2H])c1-c1ccccc1. The molecule has 0 atom stereocenters. The molecule has 0 radical (unpaired) electrons. The first-order valence-electron chi connectivity index (χ1n) is 21.1. The molecule has 8 aromatic rings. The van der Waals surface area contributed by atoms with Crippen molar-refractivity contribution in [1.29, 1.82) is 0 Å². The van der Waals surface area contributed by atoms with Gasteiger partial charge < -0.3 is 4.90 Å². The molecule has 8 rings (SSSR count). The van der Waals surface area contributed by atoms with Crippen LogP contribution in [0.15, 0.2) is 200 Å². The van der Waals surface area contributed by atoms with E-state index in [2.05, 4.69) is 0 Å². The van der Waals surface area contributed by atoms with Crippen molar-refractivity contribution >= 4 is 27.8 Å². The summed E-state index contributed by atoms with van der Waals surface area (Å²) in [6.07, 6.45) is 0. The largest absolute Gasteiger partial charge is 0.311 e. The van der Waals surface area contributed by atoms with E-state index in [1.807, 2.05) is 48.5 Å². The van der Waals surface area contributed by atoms with Crippen LogP contribution in [0.4, 0.5) is 17.1 Å². The number of benzene rings is 8. The minimum absolute atomic E-state index is 0.0375. The Morgan fingerprint density at radius 3 is 1.17 bits per heavy atom. The van der Waals surface area contributed by atoms with Gasteiger partial charge in [0, 0.05) is 17.1 Å². The first kappa shape index (κ1) is 18.1. The summed E-state index contributed by atoms with van der Waals surface area (Å²) < 4.78 is 111. The Bertz CT molecular complexity index is 2780. The minimum atomic E-state index is -0.662. The van der Waals surface area contributed by atoms with Gasteiger partial charge in [-0.15, -0.1) is 0 Å². The van der Waals surface area contributed by atoms with Crippen molar-refractivity contribution in [2.45, 2.75) is 0 Å². The molecule has 0 heterocycles. The van der Waals surface area contributed by atoms with E-state index in [9.17, 15) is 11.0 Å².